The zero-order chi connectivity index (χ0) is 18.4. The van der Waals surface area contributed by atoms with Crippen LogP contribution >= 0.6 is 0 Å². The van der Waals surface area contributed by atoms with Crippen LogP contribution in [0, 0.1) is 0 Å². The molecule has 1 fully saturated rings. The van der Waals surface area contributed by atoms with Crippen molar-refractivity contribution in [3.05, 3.63) is 48.3 Å². The topological polar surface area (TPSA) is 70.6 Å². The van der Waals surface area contributed by atoms with Crippen molar-refractivity contribution >= 4 is 17.5 Å². The standard InChI is InChI=1S/C19H25N5O2/c1-15(24-8-10-26-11-9-24)14-23(2)18(25)16-12-20-19(21-13-16)22-17-6-4-3-5-7-17/h3-7,12-13,15H,8-11,14H2,1-2H3,(H,20,21,22)/t15-/m1/s1. The van der Waals surface area contributed by atoms with E-state index in [1.54, 1.807) is 17.3 Å². The Morgan fingerprint density at radius 2 is 1.88 bits per heavy atom. The number of hydrogen-bond acceptors (Lipinski definition) is 6. The Labute approximate surface area is 154 Å². The summed E-state index contributed by atoms with van der Waals surface area (Å²) in [4.78, 5) is 25.2. The first-order valence-electron chi connectivity index (χ1n) is 8.85. The highest BCUT2D eigenvalue weighted by Gasteiger charge is 2.21. The van der Waals surface area contributed by atoms with E-state index >= 15 is 0 Å². The molecule has 7 nitrogen and oxygen atoms in total. The molecule has 2 heterocycles. The summed E-state index contributed by atoms with van der Waals surface area (Å²) in [6.45, 7) is 6.12. The number of aromatic nitrogens is 2. The average molecular weight is 355 g/mol. The second-order valence-corrected chi connectivity index (χ2v) is 6.47. The van der Waals surface area contributed by atoms with E-state index in [9.17, 15) is 4.79 Å². The van der Waals surface area contributed by atoms with Crippen LogP contribution in [0.3, 0.4) is 0 Å². The molecule has 1 atom stereocenters. The maximum absolute atomic E-state index is 12.6. The molecule has 1 aliphatic rings. The molecule has 0 bridgehead atoms. The molecule has 1 amide bonds. The van der Waals surface area contributed by atoms with Crippen LogP contribution < -0.4 is 5.32 Å². The molecule has 138 valence electrons. The van der Waals surface area contributed by atoms with Crippen molar-refractivity contribution in [1.29, 1.82) is 0 Å². The maximum Gasteiger partial charge on any atom is 0.256 e. The van der Waals surface area contributed by atoms with Gasteiger partial charge in [0.1, 0.15) is 0 Å². The van der Waals surface area contributed by atoms with Crippen LogP contribution in [0.15, 0.2) is 42.7 Å². The number of carbonyl (C=O) groups excluding carboxylic acids is 1. The Balaban J connectivity index is 1.56. The Bertz CT molecular complexity index is 702. The van der Waals surface area contributed by atoms with E-state index in [0.717, 1.165) is 32.0 Å². The lowest BCUT2D eigenvalue weighted by Crippen LogP contribution is -2.47. The van der Waals surface area contributed by atoms with Gasteiger partial charge in [0.05, 0.1) is 18.8 Å². The summed E-state index contributed by atoms with van der Waals surface area (Å²) < 4.78 is 5.38. The van der Waals surface area contributed by atoms with Crippen molar-refractivity contribution in [3.8, 4) is 0 Å². The fourth-order valence-electron chi connectivity index (χ4n) is 2.99. The molecule has 0 aliphatic carbocycles. The number of hydrogen-bond donors (Lipinski definition) is 1. The molecular formula is C19H25N5O2. The number of carbonyl (C=O) groups is 1. The summed E-state index contributed by atoms with van der Waals surface area (Å²) in [6, 6.07) is 9.97. The van der Waals surface area contributed by atoms with Gasteiger partial charge >= 0.3 is 0 Å². The third kappa shape index (κ3) is 4.77. The number of ether oxygens (including phenoxy) is 1. The lowest BCUT2D eigenvalue weighted by atomic mass is 10.2. The molecule has 0 unspecified atom stereocenters. The summed E-state index contributed by atoms with van der Waals surface area (Å²) in [5.74, 6) is 0.397. The molecule has 1 aromatic heterocycles. The zero-order valence-corrected chi connectivity index (χ0v) is 15.3. The van der Waals surface area contributed by atoms with Gasteiger partial charge in [0.2, 0.25) is 5.95 Å². The third-order valence-corrected chi connectivity index (χ3v) is 4.48. The molecular weight excluding hydrogens is 330 g/mol. The van der Waals surface area contributed by atoms with Gasteiger partial charge in [0.25, 0.3) is 5.91 Å². The van der Waals surface area contributed by atoms with E-state index in [0.29, 0.717) is 18.1 Å². The third-order valence-electron chi connectivity index (χ3n) is 4.48. The summed E-state index contributed by atoms with van der Waals surface area (Å²) in [6.07, 6.45) is 3.13. The monoisotopic (exact) mass is 355 g/mol. The van der Waals surface area contributed by atoms with E-state index in [4.69, 9.17) is 4.74 Å². The molecule has 26 heavy (non-hydrogen) atoms. The van der Waals surface area contributed by atoms with Gasteiger partial charge in [-0.25, -0.2) is 9.97 Å². The van der Waals surface area contributed by atoms with Crippen molar-refractivity contribution < 1.29 is 9.53 Å². The van der Waals surface area contributed by atoms with Gasteiger partial charge in [-0.1, -0.05) is 18.2 Å². The first-order valence-corrected chi connectivity index (χ1v) is 8.85. The Morgan fingerprint density at radius 1 is 1.23 bits per heavy atom. The highest BCUT2D eigenvalue weighted by atomic mass is 16.5. The number of para-hydroxylation sites is 1. The minimum absolute atomic E-state index is 0.0728. The maximum atomic E-state index is 12.6. The number of rotatable bonds is 6. The van der Waals surface area contributed by atoms with Crippen LogP contribution in [0.5, 0.6) is 0 Å². The number of amides is 1. The molecule has 1 aromatic carbocycles. The van der Waals surface area contributed by atoms with E-state index < -0.39 is 0 Å². The van der Waals surface area contributed by atoms with Crippen LogP contribution in [-0.2, 0) is 4.74 Å². The molecule has 3 rings (SSSR count). The number of nitrogens with zero attached hydrogens (tertiary/aromatic N) is 4. The SMILES string of the molecule is C[C@H](CN(C)C(=O)c1cnc(Nc2ccccc2)nc1)N1CCOCC1. The van der Waals surface area contributed by atoms with Crippen LogP contribution in [0.4, 0.5) is 11.6 Å². The molecule has 2 aromatic rings. The minimum Gasteiger partial charge on any atom is -0.379 e. The number of nitrogens with one attached hydrogen (secondary N) is 1. The van der Waals surface area contributed by atoms with Crippen molar-refractivity contribution in [1.82, 2.24) is 19.8 Å². The van der Waals surface area contributed by atoms with Crippen molar-refractivity contribution in [2.24, 2.45) is 0 Å². The highest BCUT2D eigenvalue weighted by Crippen LogP contribution is 2.12. The number of likely N-dealkylation sites (N-methyl/N-ethyl adjacent to an activating group) is 1. The highest BCUT2D eigenvalue weighted by molar-refractivity contribution is 5.93. The molecule has 0 radical (unpaired) electrons. The van der Waals surface area contributed by atoms with Crippen molar-refractivity contribution in [2.75, 3.05) is 45.2 Å². The number of anilines is 2. The lowest BCUT2D eigenvalue weighted by molar-refractivity contribution is 0.0142. The summed E-state index contributed by atoms with van der Waals surface area (Å²) in [5.41, 5.74) is 1.39. The molecule has 1 saturated heterocycles. The fraction of sp³-hybridized carbons (Fsp3) is 0.421. The summed E-state index contributed by atoms with van der Waals surface area (Å²) >= 11 is 0. The summed E-state index contributed by atoms with van der Waals surface area (Å²) in [5, 5.41) is 3.11. The van der Waals surface area contributed by atoms with Gasteiger partial charge in [-0.2, -0.15) is 0 Å². The van der Waals surface area contributed by atoms with Gasteiger partial charge < -0.3 is 15.0 Å². The van der Waals surface area contributed by atoms with Gasteiger partial charge in [0, 0.05) is 50.8 Å². The predicted molar refractivity (Wildman–Crippen MR) is 101 cm³/mol. The summed E-state index contributed by atoms with van der Waals surface area (Å²) in [7, 11) is 1.81. The largest absolute Gasteiger partial charge is 0.379 e. The molecule has 0 spiro atoms. The van der Waals surface area contributed by atoms with Crippen molar-refractivity contribution in [2.45, 2.75) is 13.0 Å². The molecule has 1 aliphatic heterocycles. The second kappa shape index (κ2) is 8.73. The number of morpholine rings is 1. The Morgan fingerprint density at radius 3 is 2.54 bits per heavy atom. The van der Waals surface area contributed by atoms with Gasteiger partial charge in [-0.05, 0) is 19.1 Å². The fourth-order valence-corrected chi connectivity index (χ4v) is 2.99. The Hall–Kier alpha value is -2.51. The lowest BCUT2D eigenvalue weighted by Gasteiger charge is -2.34. The van der Waals surface area contributed by atoms with Gasteiger partial charge in [-0.15, -0.1) is 0 Å². The van der Waals surface area contributed by atoms with Gasteiger partial charge in [0.15, 0.2) is 0 Å². The number of benzene rings is 1. The second-order valence-electron chi connectivity index (χ2n) is 6.47. The van der Waals surface area contributed by atoms with E-state index in [1.807, 2.05) is 37.4 Å². The minimum atomic E-state index is -0.0728. The van der Waals surface area contributed by atoms with Gasteiger partial charge in [-0.3, -0.25) is 9.69 Å². The first kappa shape index (κ1) is 18.3. The predicted octanol–water partition coefficient (Wildman–Crippen LogP) is 2.01. The normalized spacial score (nSPS) is 16.1. The van der Waals surface area contributed by atoms with E-state index in [-0.39, 0.29) is 11.9 Å². The van der Waals surface area contributed by atoms with E-state index in [2.05, 4.69) is 27.1 Å². The Kier molecular flexibility index (Phi) is 6.14. The molecule has 1 N–H and O–H groups in total. The first-order chi connectivity index (χ1) is 12.6. The molecule has 7 heteroatoms. The zero-order valence-electron chi connectivity index (χ0n) is 15.3. The average Bonchev–Trinajstić information content (AvgIpc) is 2.69. The van der Waals surface area contributed by atoms with E-state index in [1.165, 1.54) is 0 Å². The van der Waals surface area contributed by atoms with Crippen LogP contribution in [-0.4, -0.2) is 71.6 Å². The quantitative estimate of drug-likeness (QED) is 0.855. The van der Waals surface area contributed by atoms with Crippen LogP contribution in [0.2, 0.25) is 0 Å². The van der Waals surface area contributed by atoms with Crippen LogP contribution in [0.1, 0.15) is 17.3 Å². The smallest absolute Gasteiger partial charge is 0.256 e. The molecule has 0 saturated carbocycles. The van der Waals surface area contributed by atoms with Crippen LogP contribution in [0.25, 0.3) is 0 Å². The van der Waals surface area contributed by atoms with Crippen molar-refractivity contribution in [3.63, 3.8) is 0 Å².